The van der Waals surface area contributed by atoms with Crippen LogP contribution in [0.2, 0.25) is 6.82 Å². The summed E-state index contributed by atoms with van der Waals surface area (Å²) < 4.78 is 12.8. The molecule has 1 fully saturated rings. The quantitative estimate of drug-likeness (QED) is 0.373. The van der Waals surface area contributed by atoms with Gasteiger partial charge < -0.3 is 15.0 Å². The van der Waals surface area contributed by atoms with Gasteiger partial charge >= 0.3 is 7.05 Å². The fraction of sp³-hybridized carbons (Fsp3) is 0.500. The van der Waals surface area contributed by atoms with Crippen molar-refractivity contribution in [1.29, 1.82) is 0 Å². The van der Waals surface area contributed by atoms with Gasteiger partial charge in [-0.1, -0.05) is 5.16 Å². The Morgan fingerprint density at radius 2 is 2.16 bits per heavy atom. The molecule has 0 aromatic carbocycles. The Morgan fingerprint density at radius 3 is 2.63 bits per heavy atom. The van der Waals surface area contributed by atoms with Crippen LogP contribution in [0.5, 0.6) is 0 Å². The summed E-state index contributed by atoms with van der Waals surface area (Å²) in [5.74, 6) is -0.331. The van der Waals surface area contributed by atoms with Crippen LogP contribution >= 0.6 is 0 Å². The third kappa shape index (κ3) is 3.30. The molecule has 0 aliphatic carbocycles. The lowest BCUT2D eigenvalue weighted by Gasteiger charge is -2.32. The molecule has 0 unspecified atom stereocenters. The Bertz CT molecular complexity index is 445. The summed E-state index contributed by atoms with van der Waals surface area (Å²) in [7, 11) is -0.459. The van der Waals surface area contributed by atoms with Crippen molar-refractivity contribution in [2.45, 2.75) is 19.7 Å². The van der Waals surface area contributed by atoms with E-state index in [1.165, 1.54) is 12.1 Å². The zero-order valence-corrected chi connectivity index (χ0v) is 10.8. The number of piperidine rings is 1. The van der Waals surface area contributed by atoms with Crippen LogP contribution in [-0.2, 0) is 0 Å². The van der Waals surface area contributed by atoms with Gasteiger partial charge in [-0.25, -0.2) is 4.39 Å². The van der Waals surface area contributed by atoms with Crippen LogP contribution in [0.25, 0.3) is 0 Å². The van der Waals surface area contributed by atoms with E-state index in [4.69, 9.17) is 5.21 Å². The van der Waals surface area contributed by atoms with Crippen molar-refractivity contribution >= 4 is 12.8 Å². The Hall–Kier alpha value is -1.47. The molecule has 2 rings (SSSR count). The first kappa shape index (κ1) is 14.0. The average molecular weight is 265 g/mol. The standard InChI is InChI=1S/C12H17BFN3O2/c1-13(18)17-6-4-9(5-7-17)12(16-19)11-3-2-10(14)8-15-11/h2-3,8-9,18-19H,4-7H2,1H3/b16-12-. The Balaban J connectivity index is 2.06. The molecule has 1 aromatic heterocycles. The minimum absolute atomic E-state index is 0.0814. The lowest BCUT2D eigenvalue weighted by Crippen LogP contribution is -2.44. The summed E-state index contributed by atoms with van der Waals surface area (Å²) in [6.45, 7) is 3.22. The smallest absolute Gasteiger partial charge is 0.376 e. The average Bonchev–Trinajstić information content (AvgIpc) is 2.42. The van der Waals surface area contributed by atoms with E-state index in [2.05, 4.69) is 10.1 Å². The molecule has 7 heteroatoms. The molecule has 2 N–H and O–H groups in total. The molecule has 1 aliphatic heterocycles. The van der Waals surface area contributed by atoms with Crippen molar-refractivity contribution in [1.82, 2.24) is 9.79 Å². The van der Waals surface area contributed by atoms with Crippen molar-refractivity contribution in [2.24, 2.45) is 11.1 Å². The highest BCUT2D eigenvalue weighted by molar-refractivity contribution is 6.45. The third-order valence-corrected chi connectivity index (χ3v) is 3.54. The van der Waals surface area contributed by atoms with Gasteiger partial charge in [-0.05, 0) is 44.9 Å². The Kier molecular flexibility index (Phi) is 4.49. The molecular formula is C12H17BFN3O2. The van der Waals surface area contributed by atoms with E-state index in [1.54, 1.807) is 6.82 Å². The zero-order chi connectivity index (χ0) is 13.8. The summed E-state index contributed by atoms with van der Waals surface area (Å²) in [4.78, 5) is 5.91. The molecule has 0 radical (unpaired) electrons. The summed E-state index contributed by atoms with van der Waals surface area (Å²) in [6.07, 6.45) is 2.68. The number of halogens is 1. The fourth-order valence-electron chi connectivity index (χ4n) is 2.42. The van der Waals surface area contributed by atoms with E-state index >= 15 is 0 Å². The Morgan fingerprint density at radius 1 is 1.47 bits per heavy atom. The van der Waals surface area contributed by atoms with Gasteiger partial charge in [0.1, 0.15) is 11.5 Å². The molecule has 0 bridgehead atoms. The Labute approximate surface area is 111 Å². The van der Waals surface area contributed by atoms with Crippen LogP contribution in [-0.4, -0.2) is 45.9 Å². The van der Waals surface area contributed by atoms with Gasteiger partial charge in [-0.3, -0.25) is 4.98 Å². The maximum Gasteiger partial charge on any atom is 0.376 e. The lowest BCUT2D eigenvalue weighted by atomic mass is 9.79. The highest BCUT2D eigenvalue weighted by atomic mass is 19.1. The van der Waals surface area contributed by atoms with Gasteiger partial charge in [0, 0.05) is 5.92 Å². The molecule has 2 heterocycles. The molecule has 5 nitrogen and oxygen atoms in total. The predicted molar refractivity (Wildman–Crippen MR) is 70.7 cm³/mol. The maximum absolute atomic E-state index is 12.8. The maximum atomic E-state index is 12.8. The second kappa shape index (κ2) is 6.12. The third-order valence-electron chi connectivity index (χ3n) is 3.54. The molecular weight excluding hydrogens is 248 g/mol. The molecule has 0 atom stereocenters. The minimum atomic E-state index is -0.459. The van der Waals surface area contributed by atoms with Crippen LogP contribution in [0.15, 0.2) is 23.5 Å². The molecule has 19 heavy (non-hydrogen) atoms. The highest BCUT2D eigenvalue weighted by Crippen LogP contribution is 2.22. The molecule has 1 aliphatic rings. The predicted octanol–water partition coefficient (Wildman–Crippen LogP) is 1.22. The number of rotatable bonds is 3. The van der Waals surface area contributed by atoms with Gasteiger partial charge in [-0.15, -0.1) is 0 Å². The largest absolute Gasteiger partial charge is 0.437 e. The van der Waals surface area contributed by atoms with Crippen molar-refractivity contribution in [3.8, 4) is 0 Å². The van der Waals surface area contributed by atoms with E-state index < -0.39 is 12.9 Å². The van der Waals surface area contributed by atoms with E-state index in [0.717, 1.165) is 32.1 Å². The van der Waals surface area contributed by atoms with E-state index in [-0.39, 0.29) is 5.92 Å². The van der Waals surface area contributed by atoms with E-state index in [0.29, 0.717) is 11.4 Å². The van der Waals surface area contributed by atoms with Gasteiger partial charge in [0.25, 0.3) is 0 Å². The van der Waals surface area contributed by atoms with Crippen molar-refractivity contribution in [2.75, 3.05) is 13.1 Å². The molecule has 102 valence electrons. The van der Waals surface area contributed by atoms with Crippen LogP contribution < -0.4 is 0 Å². The van der Waals surface area contributed by atoms with Crippen LogP contribution in [0.3, 0.4) is 0 Å². The summed E-state index contributed by atoms with van der Waals surface area (Å²) in [5.41, 5.74) is 0.990. The first-order valence-corrected chi connectivity index (χ1v) is 6.38. The van der Waals surface area contributed by atoms with Gasteiger partial charge in [-0.2, -0.15) is 0 Å². The number of aromatic nitrogens is 1. The van der Waals surface area contributed by atoms with Crippen LogP contribution in [0.1, 0.15) is 18.5 Å². The number of oxime groups is 1. The minimum Gasteiger partial charge on any atom is -0.437 e. The SMILES string of the molecule is CB(O)N1CCC(/C(=N/O)c2ccc(F)cn2)CC1. The highest BCUT2D eigenvalue weighted by Gasteiger charge is 2.28. The molecule has 1 aromatic rings. The first-order chi connectivity index (χ1) is 9.11. The summed E-state index contributed by atoms with van der Waals surface area (Å²) in [5, 5.41) is 22.0. The summed E-state index contributed by atoms with van der Waals surface area (Å²) in [6, 6.07) is 2.82. The molecule has 0 amide bonds. The number of hydrogen-bond donors (Lipinski definition) is 2. The monoisotopic (exact) mass is 265 g/mol. The van der Waals surface area contributed by atoms with Crippen LogP contribution in [0, 0.1) is 11.7 Å². The van der Waals surface area contributed by atoms with Crippen molar-refractivity contribution in [3.63, 3.8) is 0 Å². The van der Waals surface area contributed by atoms with Crippen molar-refractivity contribution < 1.29 is 14.6 Å². The number of hydrogen-bond acceptors (Lipinski definition) is 5. The van der Waals surface area contributed by atoms with Crippen LogP contribution in [0.4, 0.5) is 4.39 Å². The summed E-state index contributed by atoms with van der Waals surface area (Å²) >= 11 is 0. The van der Waals surface area contributed by atoms with Gasteiger partial charge in [0.05, 0.1) is 11.9 Å². The zero-order valence-electron chi connectivity index (χ0n) is 10.8. The fourth-order valence-corrected chi connectivity index (χ4v) is 2.42. The number of pyridine rings is 1. The first-order valence-electron chi connectivity index (χ1n) is 6.38. The van der Waals surface area contributed by atoms with E-state index in [9.17, 15) is 9.41 Å². The molecule has 0 saturated carbocycles. The molecule has 1 saturated heterocycles. The second-order valence-electron chi connectivity index (χ2n) is 4.79. The molecule has 0 spiro atoms. The van der Waals surface area contributed by atoms with Gasteiger partial charge in [0.15, 0.2) is 0 Å². The number of nitrogens with zero attached hydrogens (tertiary/aromatic N) is 3. The lowest BCUT2D eigenvalue weighted by molar-refractivity contribution is 0.275. The topological polar surface area (TPSA) is 69.0 Å². The second-order valence-corrected chi connectivity index (χ2v) is 4.79. The van der Waals surface area contributed by atoms with Crippen molar-refractivity contribution in [3.05, 3.63) is 29.8 Å². The van der Waals surface area contributed by atoms with E-state index in [1.807, 2.05) is 4.81 Å². The normalized spacial score (nSPS) is 18.6. The van der Waals surface area contributed by atoms with Gasteiger partial charge in [0.2, 0.25) is 0 Å².